The van der Waals surface area contributed by atoms with E-state index in [1.54, 1.807) is 12.4 Å². The van der Waals surface area contributed by atoms with E-state index in [-0.39, 0.29) is 18.4 Å². The largest absolute Gasteiger partial charge is 0.465 e. The van der Waals surface area contributed by atoms with Gasteiger partial charge in [-0.15, -0.1) is 0 Å². The van der Waals surface area contributed by atoms with Crippen molar-refractivity contribution in [3.63, 3.8) is 0 Å². The summed E-state index contributed by atoms with van der Waals surface area (Å²) in [5.41, 5.74) is 3.36. The van der Waals surface area contributed by atoms with Crippen LogP contribution in [0.5, 0.6) is 0 Å². The third-order valence-corrected chi connectivity index (χ3v) is 5.18. The van der Waals surface area contributed by atoms with Crippen molar-refractivity contribution >= 4 is 17.7 Å². The highest BCUT2D eigenvalue weighted by atomic mass is 16.4. The van der Waals surface area contributed by atoms with Crippen molar-refractivity contribution in [2.24, 2.45) is 5.92 Å². The van der Waals surface area contributed by atoms with Crippen LogP contribution in [0, 0.1) is 5.92 Å². The summed E-state index contributed by atoms with van der Waals surface area (Å²) in [5, 5.41) is 12.4. The van der Waals surface area contributed by atoms with Gasteiger partial charge in [0.25, 0.3) is 0 Å². The molecule has 7 heteroatoms. The molecular formula is C22H20N4O3. The molecule has 0 unspecified atom stereocenters. The standard InChI is InChI=1S/C22H20N4O3/c27-21(25-18-8-4-7-16(9-18)17-10-23-14-24-11-17)20-13-26(22(28)29)12-19(20)15-5-2-1-3-6-15/h1-11,14,19-20H,12-13H2,(H,25,27)(H,28,29)/t19-,20+/m0/s1. The van der Waals surface area contributed by atoms with Crippen LogP contribution in [0.2, 0.25) is 0 Å². The van der Waals surface area contributed by atoms with E-state index in [1.165, 1.54) is 11.2 Å². The van der Waals surface area contributed by atoms with Gasteiger partial charge in [0.15, 0.2) is 0 Å². The van der Waals surface area contributed by atoms with Crippen molar-refractivity contribution in [2.75, 3.05) is 18.4 Å². The lowest BCUT2D eigenvalue weighted by molar-refractivity contribution is -0.119. The molecule has 0 radical (unpaired) electrons. The summed E-state index contributed by atoms with van der Waals surface area (Å²) in [6, 6.07) is 17.0. The molecule has 1 saturated heterocycles. The second-order valence-corrected chi connectivity index (χ2v) is 7.01. The monoisotopic (exact) mass is 388 g/mol. The van der Waals surface area contributed by atoms with Crippen LogP contribution in [0.25, 0.3) is 11.1 Å². The normalized spacial score (nSPS) is 18.4. The Hall–Kier alpha value is -3.74. The predicted octanol–water partition coefficient (Wildman–Crippen LogP) is 3.48. The van der Waals surface area contributed by atoms with Crippen LogP contribution in [0.1, 0.15) is 11.5 Å². The van der Waals surface area contributed by atoms with Crippen molar-refractivity contribution in [1.82, 2.24) is 14.9 Å². The number of carbonyl (C=O) groups is 2. The number of benzene rings is 2. The Morgan fingerprint density at radius 2 is 1.72 bits per heavy atom. The molecule has 29 heavy (non-hydrogen) atoms. The van der Waals surface area contributed by atoms with Gasteiger partial charge in [0.2, 0.25) is 5.91 Å². The van der Waals surface area contributed by atoms with Crippen LogP contribution in [0.15, 0.2) is 73.3 Å². The molecule has 3 aromatic rings. The minimum absolute atomic E-state index is 0.174. The summed E-state index contributed by atoms with van der Waals surface area (Å²) >= 11 is 0. The van der Waals surface area contributed by atoms with Gasteiger partial charge in [-0.1, -0.05) is 42.5 Å². The molecule has 0 bridgehead atoms. The Morgan fingerprint density at radius 3 is 2.45 bits per heavy atom. The smallest absolute Gasteiger partial charge is 0.407 e. The minimum atomic E-state index is -1.01. The van der Waals surface area contributed by atoms with E-state index in [1.807, 2.05) is 54.6 Å². The molecule has 1 aliphatic heterocycles. The summed E-state index contributed by atoms with van der Waals surface area (Å²) < 4.78 is 0. The summed E-state index contributed by atoms with van der Waals surface area (Å²) in [4.78, 5) is 33.9. The van der Waals surface area contributed by atoms with Crippen molar-refractivity contribution < 1.29 is 14.7 Å². The van der Waals surface area contributed by atoms with E-state index in [0.29, 0.717) is 12.2 Å². The van der Waals surface area contributed by atoms with Gasteiger partial charge in [-0.25, -0.2) is 14.8 Å². The topological polar surface area (TPSA) is 95.4 Å². The number of hydrogen-bond acceptors (Lipinski definition) is 4. The first-order valence-corrected chi connectivity index (χ1v) is 9.31. The number of hydrogen-bond donors (Lipinski definition) is 2. The molecule has 0 spiro atoms. The molecule has 0 aliphatic carbocycles. The number of aromatic nitrogens is 2. The summed E-state index contributed by atoms with van der Waals surface area (Å²) in [6.07, 6.45) is 3.88. The number of nitrogens with zero attached hydrogens (tertiary/aromatic N) is 3. The Kier molecular flexibility index (Phi) is 5.20. The van der Waals surface area contributed by atoms with Crippen molar-refractivity contribution in [3.05, 3.63) is 78.9 Å². The number of carboxylic acid groups (broad SMARTS) is 1. The van der Waals surface area contributed by atoms with Gasteiger partial charge in [-0.2, -0.15) is 0 Å². The molecule has 7 nitrogen and oxygen atoms in total. The average molecular weight is 388 g/mol. The maximum atomic E-state index is 13.1. The lowest BCUT2D eigenvalue weighted by Gasteiger charge is -2.18. The summed E-state index contributed by atoms with van der Waals surface area (Å²) in [5.74, 6) is -0.834. The van der Waals surface area contributed by atoms with E-state index < -0.39 is 12.0 Å². The molecule has 0 saturated carbocycles. The van der Waals surface area contributed by atoms with Gasteiger partial charge in [-0.05, 0) is 23.3 Å². The number of rotatable bonds is 4. The summed E-state index contributed by atoms with van der Waals surface area (Å²) in [6.45, 7) is 0.478. The molecule has 2 aromatic carbocycles. The third-order valence-electron chi connectivity index (χ3n) is 5.18. The molecule has 2 amide bonds. The fourth-order valence-corrected chi connectivity index (χ4v) is 3.72. The highest BCUT2D eigenvalue weighted by Gasteiger charge is 2.40. The SMILES string of the molecule is O=C(Nc1cccc(-c2cncnc2)c1)[C@@H]1CN(C(=O)O)C[C@H]1c1ccccc1. The Balaban J connectivity index is 1.56. The van der Waals surface area contributed by atoms with Crippen molar-refractivity contribution in [2.45, 2.75) is 5.92 Å². The fourth-order valence-electron chi connectivity index (χ4n) is 3.72. The van der Waals surface area contributed by atoms with E-state index in [4.69, 9.17) is 0 Å². The van der Waals surface area contributed by atoms with Gasteiger partial charge < -0.3 is 15.3 Å². The number of amides is 2. The first kappa shape index (κ1) is 18.6. The second-order valence-electron chi connectivity index (χ2n) is 7.01. The van der Waals surface area contributed by atoms with Crippen LogP contribution >= 0.6 is 0 Å². The second kappa shape index (κ2) is 8.10. The molecule has 2 heterocycles. The number of nitrogens with one attached hydrogen (secondary N) is 1. The molecule has 1 fully saturated rings. The van der Waals surface area contributed by atoms with Crippen molar-refractivity contribution in [3.8, 4) is 11.1 Å². The minimum Gasteiger partial charge on any atom is -0.465 e. The molecule has 4 rings (SSSR count). The Labute approximate surface area is 168 Å². The highest BCUT2D eigenvalue weighted by molar-refractivity contribution is 5.94. The fraction of sp³-hybridized carbons (Fsp3) is 0.182. The quantitative estimate of drug-likeness (QED) is 0.713. The zero-order chi connectivity index (χ0) is 20.2. The Morgan fingerprint density at radius 1 is 0.966 bits per heavy atom. The number of likely N-dealkylation sites (tertiary alicyclic amines) is 1. The number of carbonyl (C=O) groups excluding carboxylic acids is 1. The first-order valence-electron chi connectivity index (χ1n) is 9.31. The van der Waals surface area contributed by atoms with Crippen LogP contribution in [0.4, 0.5) is 10.5 Å². The van der Waals surface area contributed by atoms with E-state index >= 15 is 0 Å². The lowest BCUT2D eigenvalue weighted by atomic mass is 9.88. The van der Waals surface area contributed by atoms with E-state index in [2.05, 4.69) is 15.3 Å². The maximum Gasteiger partial charge on any atom is 0.407 e. The number of anilines is 1. The zero-order valence-electron chi connectivity index (χ0n) is 15.6. The molecule has 2 atom stereocenters. The maximum absolute atomic E-state index is 13.1. The average Bonchev–Trinajstić information content (AvgIpc) is 3.21. The van der Waals surface area contributed by atoms with Crippen molar-refractivity contribution in [1.29, 1.82) is 0 Å². The zero-order valence-corrected chi connectivity index (χ0v) is 15.6. The van der Waals surface area contributed by atoms with Gasteiger partial charge >= 0.3 is 6.09 Å². The molecule has 1 aliphatic rings. The summed E-state index contributed by atoms with van der Waals surface area (Å²) in [7, 11) is 0. The molecule has 1 aromatic heterocycles. The Bertz CT molecular complexity index is 1010. The van der Waals surface area contributed by atoms with Crippen LogP contribution in [-0.4, -0.2) is 45.1 Å². The van der Waals surface area contributed by atoms with Gasteiger partial charge in [-0.3, -0.25) is 4.79 Å². The van der Waals surface area contributed by atoms with Gasteiger partial charge in [0, 0.05) is 42.7 Å². The van der Waals surface area contributed by atoms with E-state index in [0.717, 1.165) is 16.7 Å². The predicted molar refractivity (Wildman–Crippen MR) is 108 cm³/mol. The van der Waals surface area contributed by atoms with Crippen LogP contribution < -0.4 is 5.32 Å². The first-order chi connectivity index (χ1) is 14.1. The lowest BCUT2D eigenvalue weighted by Crippen LogP contribution is -2.30. The molecule has 146 valence electrons. The highest BCUT2D eigenvalue weighted by Crippen LogP contribution is 2.34. The van der Waals surface area contributed by atoms with E-state index in [9.17, 15) is 14.7 Å². The third kappa shape index (κ3) is 4.08. The van der Waals surface area contributed by atoms with Gasteiger partial charge in [0.1, 0.15) is 6.33 Å². The van der Waals surface area contributed by atoms with Gasteiger partial charge in [0.05, 0.1) is 5.92 Å². The van der Waals surface area contributed by atoms with Crippen LogP contribution in [0.3, 0.4) is 0 Å². The molecule has 2 N–H and O–H groups in total. The molecular weight excluding hydrogens is 368 g/mol. The van der Waals surface area contributed by atoms with Crippen LogP contribution in [-0.2, 0) is 4.79 Å².